The Morgan fingerprint density at radius 1 is 1.16 bits per heavy atom. The van der Waals surface area contributed by atoms with Crippen molar-refractivity contribution in [2.75, 3.05) is 6.61 Å². The van der Waals surface area contributed by atoms with Crippen LogP contribution in [0.2, 0.25) is 0 Å². The van der Waals surface area contributed by atoms with E-state index in [0.717, 1.165) is 5.56 Å². The number of allylic oxidation sites excluding steroid dienone is 1. The smallest absolute Gasteiger partial charge is 0.223 e. The van der Waals surface area contributed by atoms with Crippen LogP contribution in [0.3, 0.4) is 0 Å². The molecular weight excluding hydrogens is 238 g/mol. The first kappa shape index (κ1) is 13.8. The molecule has 3 nitrogen and oxygen atoms in total. The van der Waals surface area contributed by atoms with E-state index in [1.54, 1.807) is 0 Å². The van der Waals surface area contributed by atoms with E-state index in [9.17, 15) is 4.79 Å². The highest BCUT2D eigenvalue weighted by Crippen LogP contribution is 2.16. The van der Waals surface area contributed by atoms with Crippen LogP contribution in [0.1, 0.15) is 19.4 Å². The highest BCUT2D eigenvalue weighted by molar-refractivity contribution is 5.79. The molecular formula is C16H21NO2. The van der Waals surface area contributed by atoms with E-state index in [-0.39, 0.29) is 23.8 Å². The lowest BCUT2D eigenvalue weighted by molar-refractivity contribution is -0.125. The minimum Gasteiger partial charge on any atom is -0.374 e. The van der Waals surface area contributed by atoms with Gasteiger partial charge in [-0.1, -0.05) is 56.3 Å². The molecule has 1 N–H and O–H groups in total. The summed E-state index contributed by atoms with van der Waals surface area (Å²) < 4.78 is 5.67. The zero-order valence-corrected chi connectivity index (χ0v) is 11.5. The van der Waals surface area contributed by atoms with Crippen LogP contribution in [0.5, 0.6) is 0 Å². The van der Waals surface area contributed by atoms with Gasteiger partial charge in [-0.05, 0) is 11.5 Å². The number of nitrogens with one attached hydrogen (secondary N) is 1. The van der Waals surface area contributed by atoms with Crippen molar-refractivity contribution in [1.29, 1.82) is 0 Å². The summed E-state index contributed by atoms with van der Waals surface area (Å²) in [5.41, 5.74) is 1.15. The SMILES string of the molecule is C[C@@H]1C(=O)N[C@H](COCc2ccccc2)C=C[C@@H]1C. The summed E-state index contributed by atoms with van der Waals surface area (Å²) in [6.45, 7) is 5.11. The fourth-order valence-corrected chi connectivity index (χ4v) is 2.05. The second-order valence-corrected chi connectivity index (χ2v) is 5.15. The standard InChI is InChI=1S/C16H21NO2/c1-12-8-9-15(17-16(18)13(12)2)11-19-10-14-6-4-3-5-7-14/h3-9,12-13,15H,10-11H2,1-2H3,(H,17,18)/t12-,13-,15-/m0/s1. The van der Waals surface area contributed by atoms with E-state index in [1.165, 1.54) is 0 Å². The number of benzene rings is 1. The Hall–Kier alpha value is -1.61. The van der Waals surface area contributed by atoms with Crippen LogP contribution in [0.25, 0.3) is 0 Å². The maximum atomic E-state index is 11.9. The van der Waals surface area contributed by atoms with Gasteiger partial charge in [-0.25, -0.2) is 0 Å². The Bertz CT molecular complexity index is 441. The molecule has 3 heteroatoms. The van der Waals surface area contributed by atoms with Crippen molar-refractivity contribution in [3.63, 3.8) is 0 Å². The van der Waals surface area contributed by atoms with Gasteiger partial charge in [0, 0.05) is 5.92 Å². The molecule has 0 aliphatic carbocycles. The number of ether oxygens (including phenoxy) is 1. The number of hydrogen-bond donors (Lipinski definition) is 1. The highest BCUT2D eigenvalue weighted by Gasteiger charge is 2.23. The molecule has 1 aromatic rings. The van der Waals surface area contributed by atoms with Crippen molar-refractivity contribution in [1.82, 2.24) is 5.32 Å². The Morgan fingerprint density at radius 2 is 1.89 bits per heavy atom. The fourth-order valence-electron chi connectivity index (χ4n) is 2.05. The van der Waals surface area contributed by atoms with Crippen molar-refractivity contribution >= 4 is 5.91 Å². The molecule has 0 unspecified atom stereocenters. The summed E-state index contributed by atoms with van der Waals surface area (Å²) >= 11 is 0. The van der Waals surface area contributed by atoms with E-state index in [0.29, 0.717) is 13.2 Å². The Labute approximate surface area is 114 Å². The molecule has 19 heavy (non-hydrogen) atoms. The number of carbonyl (C=O) groups excluding carboxylic acids is 1. The zero-order chi connectivity index (χ0) is 13.7. The van der Waals surface area contributed by atoms with Gasteiger partial charge in [-0.2, -0.15) is 0 Å². The maximum Gasteiger partial charge on any atom is 0.223 e. The molecule has 0 aromatic heterocycles. The summed E-state index contributed by atoms with van der Waals surface area (Å²) in [7, 11) is 0. The Balaban J connectivity index is 1.83. The number of rotatable bonds is 4. The molecule has 1 aromatic carbocycles. The molecule has 0 radical (unpaired) electrons. The first-order valence-electron chi connectivity index (χ1n) is 6.77. The predicted octanol–water partition coefficient (Wildman–Crippen LogP) is 2.53. The van der Waals surface area contributed by atoms with Crippen LogP contribution in [0.15, 0.2) is 42.5 Å². The molecule has 102 valence electrons. The van der Waals surface area contributed by atoms with E-state index in [1.807, 2.05) is 43.3 Å². The van der Waals surface area contributed by atoms with Crippen molar-refractivity contribution in [2.24, 2.45) is 11.8 Å². The zero-order valence-electron chi connectivity index (χ0n) is 11.5. The molecule has 1 aliphatic heterocycles. The molecule has 0 bridgehead atoms. The topological polar surface area (TPSA) is 38.3 Å². The van der Waals surface area contributed by atoms with Crippen molar-refractivity contribution in [3.05, 3.63) is 48.0 Å². The largest absolute Gasteiger partial charge is 0.374 e. The van der Waals surface area contributed by atoms with Crippen LogP contribution in [-0.4, -0.2) is 18.6 Å². The average Bonchev–Trinajstić information content (AvgIpc) is 2.54. The summed E-state index contributed by atoms with van der Waals surface area (Å²) in [6, 6.07) is 10.0. The van der Waals surface area contributed by atoms with Gasteiger partial charge in [0.25, 0.3) is 0 Å². The Kier molecular flexibility index (Phi) is 4.74. The lowest BCUT2D eigenvalue weighted by Gasteiger charge is -2.16. The monoisotopic (exact) mass is 259 g/mol. The first-order valence-corrected chi connectivity index (χ1v) is 6.77. The average molecular weight is 259 g/mol. The van der Waals surface area contributed by atoms with Crippen molar-refractivity contribution in [3.8, 4) is 0 Å². The van der Waals surface area contributed by atoms with Crippen molar-refractivity contribution in [2.45, 2.75) is 26.5 Å². The molecule has 1 amide bonds. The third-order valence-electron chi connectivity index (χ3n) is 3.59. The molecule has 3 atom stereocenters. The van der Waals surface area contributed by atoms with Gasteiger partial charge in [0.2, 0.25) is 5.91 Å². The minimum absolute atomic E-state index is 0.0235. The molecule has 0 fully saturated rings. The summed E-state index contributed by atoms with van der Waals surface area (Å²) in [5.74, 6) is 0.403. The van der Waals surface area contributed by atoms with Gasteiger partial charge in [0.05, 0.1) is 19.3 Å². The van der Waals surface area contributed by atoms with Gasteiger partial charge in [0.15, 0.2) is 0 Å². The summed E-state index contributed by atoms with van der Waals surface area (Å²) in [5, 5.41) is 2.99. The molecule has 2 rings (SSSR count). The molecule has 1 aliphatic rings. The predicted molar refractivity (Wildman–Crippen MR) is 75.5 cm³/mol. The molecule has 1 heterocycles. The van der Waals surface area contributed by atoms with Gasteiger partial charge in [-0.15, -0.1) is 0 Å². The third-order valence-corrected chi connectivity index (χ3v) is 3.59. The fraction of sp³-hybridized carbons (Fsp3) is 0.438. The van der Waals surface area contributed by atoms with Crippen LogP contribution in [0, 0.1) is 11.8 Å². The van der Waals surface area contributed by atoms with Crippen LogP contribution in [0.4, 0.5) is 0 Å². The van der Waals surface area contributed by atoms with E-state index in [2.05, 4.69) is 18.3 Å². The number of amides is 1. The van der Waals surface area contributed by atoms with E-state index in [4.69, 9.17) is 4.74 Å². The van der Waals surface area contributed by atoms with Gasteiger partial charge < -0.3 is 10.1 Å². The molecule has 0 saturated heterocycles. The quantitative estimate of drug-likeness (QED) is 0.844. The molecule has 0 saturated carbocycles. The highest BCUT2D eigenvalue weighted by atomic mass is 16.5. The molecule has 0 spiro atoms. The van der Waals surface area contributed by atoms with Gasteiger partial charge >= 0.3 is 0 Å². The second kappa shape index (κ2) is 6.53. The normalized spacial score (nSPS) is 26.8. The van der Waals surface area contributed by atoms with Gasteiger partial charge in [0.1, 0.15) is 0 Å². The van der Waals surface area contributed by atoms with Crippen LogP contribution < -0.4 is 5.32 Å². The summed E-state index contributed by atoms with van der Waals surface area (Å²) in [6.07, 6.45) is 4.14. The van der Waals surface area contributed by atoms with Gasteiger partial charge in [-0.3, -0.25) is 4.79 Å². The minimum atomic E-state index is -0.0244. The lowest BCUT2D eigenvalue weighted by atomic mass is 9.96. The van der Waals surface area contributed by atoms with Crippen LogP contribution in [-0.2, 0) is 16.1 Å². The first-order chi connectivity index (χ1) is 9.16. The van der Waals surface area contributed by atoms with E-state index < -0.39 is 0 Å². The van der Waals surface area contributed by atoms with Crippen molar-refractivity contribution < 1.29 is 9.53 Å². The lowest BCUT2D eigenvalue weighted by Crippen LogP contribution is -2.39. The number of hydrogen-bond acceptors (Lipinski definition) is 2. The Morgan fingerprint density at radius 3 is 2.63 bits per heavy atom. The third kappa shape index (κ3) is 3.93. The maximum absolute atomic E-state index is 11.9. The number of carbonyl (C=O) groups is 1. The summed E-state index contributed by atoms with van der Waals surface area (Å²) in [4.78, 5) is 11.9. The second-order valence-electron chi connectivity index (χ2n) is 5.15. The van der Waals surface area contributed by atoms with Crippen LogP contribution >= 0.6 is 0 Å². The van der Waals surface area contributed by atoms with E-state index >= 15 is 0 Å².